The van der Waals surface area contributed by atoms with Crippen LogP contribution in [0.25, 0.3) is 0 Å². The Kier molecular flexibility index (Phi) is 3.14. The number of para-hydroxylation sites is 1. The summed E-state index contributed by atoms with van der Waals surface area (Å²) in [5, 5.41) is 3.68. The number of benzene rings is 2. The molecule has 0 amide bonds. The predicted octanol–water partition coefficient (Wildman–Crippen LogP) is 4.25. The van der Waals surface area contributed by atoms with Gasteiger partial charge in [0.15, 0.2) is 0 Å². The first-order valence-electron chi connectivity index (χ1n) is 7.56. The molecule has 2 aromatic carbocycles. The molecule has 21 heavy (non-hydrogen) atoms. The fraction of sp³-hybridized carbons (Fsp3) is 0.333. The first-order chi connectivity index (χ1) is 10.2. The zero-order chi connectivity index (χ0) is 14.4. The van der Waals surface area contributed by atoms with Gasteiger partial charge in [0.2, 0.25) is 0 Å². The third-order valence-electron chi connectivity index (χ3n) is 5.16. The molecule has 4 rings (SSSR count). The summed E-state index contributed by atoms with van der Waals surface area (Å²) in [6.07, 6.45) is 1.23. The van der Waals surface area contributed by atoms with Crippen molar-refractivity contribution >= 4 is 34.0 Å². The van der Waals surface area contributed by atoms with Crippen molar-refractivity contribution < 1.29 is 0 Å². The van der Waals surface area contributed by atoms with Crippen LogP contribution in [-0.4, -0.2) is 19.1 Å². The van der Waals surface area contributed by atoms with Gasteiger partial charge in [-0.15, -0.1) is 0 Å². The van der Waals surface area contributed by atoms with Crippen LogP contribution >= 0.6 is 22.6 Å². The van der Waals surface area contributed by atoms with Gasteiger partial charge in [0.05, 0.1) is 0 Å². The van der Waals surface area contributed by atoms with Crippen molar-refractivity contribution in [2.75, 3.05) is 23.3 Å². The van der Waals surface area contributed by atoms with Crippen LogP contribution in [0, 0.1) is 3.57 Å². The van der Waals surface area contributed by atoms with Crippen molar-refractivity contribution in [3.63, 3.8) is 0 Å². The van der Waals surface area contributed by atoms with E-state index in [2.05, 4.69) is 88.3 Å². The normalized spacial score (nSPS) is 27.0. The lowest BCUT2D eigenvalue weighted by Gasteiger charge is -2.30. The molecule has 1 fully saturated rings. The molecule has 2 nitrogen and oxygen atoms in total. The minimum atomic E-state index is 0.263. The van der Waals surface area contributed by atoms with Crippen LogP contribution in [0.15, 0.2) is 48.5 Å². The summed E-state index contributed by atoms with van der Waals surface area (Å²) < 4.78 is 1.30. The first-order valence-corrected chi connectivity index (χ1v) is 8.63. The van der Waals surface area contributed by atoms with Crippen LogP contribution in [0.3, 0.4) is 0 Å². The molecule has 0 unspecified atom stereocenters. The van der Waals surface area contributed by atoms with E-state index >= 15 is 0 Å². The average Bonchev–Trinajstić information content (AvgIpc) is 3.05. The maximum Gasteiger partial charge on any atom is 0.0382 e. The molecule has 1 N–H and O–H groups in total. The molecule has 0 radical (unpaired) electrons. The van der Waals surface area contributed by atoms with E-state index in [0.717, 1.165) is 13.1 Å². The summed E-state index contributed by atoms with van der Waals surface area (Å²) in [6, 6.07) is 18.2. The molecule has 0 aliphatic carbocycles. The molecule has 108 valence electrons. The second-order valence-electron chi connectivity index (χ2n) is 6.22. The number of halogens is 1. The van der Waals surface area contributed by atoms with E-state index in [0.29, 0.717) is 6.04 Å². The van der Waals surface area contributed by atoms with Crippen LogP contribution in [0.4, 0.5) is 11.4 Å². The van der Waals surface area contributed by atoms with Gasteiger partial charge in [-0.1, -0.05) is 18.2 Å². The zero-order valence-corrected chi connectivity index (χ0v) is 14.3. The van der Waals surface area contributed by atoms with E-state index in [1.807, 2.05) is 0 Å². The summed E-state index contributed by atoms with van der Waals surface area (Å²) >= 11 is 2.37. The molecule has 2 aliphatic heterocycles. The highest BCUT2D eigenvalue weighted by Gasteiger charge is 2.48. The topological polar surface area (TPSA) is 15.3 Å². The second kappa shape index (κ2) is 4.90. The Hall–Kier alpha value is -1.23. The Morgan fingerprint density at radius 3 is 2.71 bits per heavy atom. The van der Waals surface area contributed by atoms with Crippen LogP contribution in [0.5, 0.6) is 0 Å². The van der Waals surface area contributed by atoms with Crippen molar-refractivity contribution in [1.82, 2.24) is 0 Å². The average molecular weight is 390 g/mol. The van der Waals surface area contributed by atoms with Gasteiger partial charge in [-0.05, 0) is 71.8 Å². The van der Waals surface area contributed by atoms with Crippen LogP contribution < -0.4 is 10.2 Å². The Balaban J connectivity index is 1.68. The largest absolute Gasteiger partial charge is 0.381 e. The molecule has 1 saturated heterocycles. The molecular weight excluding hydrogens is 371 g/mol. The van der Waals surface area contributed by atoms with E-state index in [9.17, 15) is 0 Å². The molecule has 3 heteroatoms. The van der Waals surface area contributed by atoms with Gasteiger partial charge in [0.1, 0.15) is 0 Å². The van der Waals surface area contributed by atoms with Gasteiger partial charge < -0.3 is 10.2 Å². The van der Waals surface area contributed by atoms with Crippen molar-refractivity contribution in [3.8, 4) is 0 Å². The van der Waals surface area contributed by atoms with Crippen LogP contribution in [-0.2, 0) is 5.41 Å². The van der Waals surface area contributed by atoms with E-state index in [4.69, 9.17) is 0 Å². The lowest BCUT2D eigenvalue weighted by Crippen LogP contribution is -2.39. The Labute approximate surface area is 139 Å². The predicted molar refractivity (Wildman–Crippen MR) is 97.2 cm³/mol. The van der Waals surface area contributed by atoms with Gasteiger partial charge in [-0.3, -0.25) is 0 Å². The van der Waals surface area contributed by atoms with Gasteiger partial charge in [-0.2, -0.15) is 0 Å². The minimum absolute atomic E-state index is 0.263. The fourth-order valence-corrected chi connectivity index (χ4v) is 4.29. The third-order valence-corrected chi connectivity index (χ3v) is 5.88. The number of nitrogens with one attached hydrogen (secondary N) is 1. The molecule has 0 bridgehead atoms. The van der Waals surface area contributed by atoms with E-state index < -0.39 is 0 Å². The van der Waals surface area contributed by atoms with Crippen molar-refractivity contribution in [2.24, 2.45) is 0 Å². The first kappa shape index (κ1) is 13.4. The highest BCUT2D eigenvalue weighted by molar-refractivity contribution is 14.1. The summed E-state index contributed by atoms with van der Waals surface area (Å²) in [5.41, 5.74) is 4.45. The molecule has 1 spiro atoms. The standard InChI is InChI=1S/C18H19IN2/c1-13-18(16-4-2-3-5-17(16)20-13)10-11-21(12-18)15-8-6-14(19)7-9-15/h2-9,13,20H,10-12H2,1H3/t13-,18-/m0/s1. The number of anilines is 2. The fourth-order valence-electron chi connectivity index (χ4n) is 3.93. The highest BCUT2D eigenvalue weighted by atomic mass is 127. The second-order valence-corrected chi connectivity index (χ2v) is 7.46. The molecule has 2 heterocycles. The zero-order valence-electron chi connectivity index (χ0n) is 12.1. The van der Waals surface area contributed by atoms with Gasteiger partial charge in [0, 0.05) is 39.5 Å². The Bertz CT molecular complexity index is 667. The SMILES string of the molecule is C[C@@H]1Nc2ccccc2[C@]12CCN(c1ccc(I)cc1)C2. The quantitative estimate of drug-likeness (QED) is 0.733. The molecule has 0 saturated carbocycles. The molecule has 0 aromatic heterocycles. The van der Waals surface area contributed by atoms with E-state index in [1.165, 1.54) is 26.9 Å². The Morgan fingerprint density at radius 1 is 1.14 bits per heavy atom. The number of nitrogens with zero attached hydrogens (tertiary/aromatic N) is 1. The van der Waals surface area contributed by atoms with Gasteiger partial charge >= 0.3 is 0 Å². The maximum atomic E-state index is 3.68. The Morgan fingerprint density at radius 2 is 1.90 bits per heavy atom. The monoisotopic (exact) mass is 390 g/mol. The number of rotatable bonds is 1. The van der Waals surface area contributed by atoms with E-state index in [1.54, 1.807) is 0 Å². The van der Waals surface area contributed by atoms with Crippen molar-refractivity contribution in [3.05, 3.63) is 57.7 Å². The van der Waals surface area contributed by atoms with Crippen molar-refractivity contribution in [2.45, 2.75) is 24.8 Å². The van der Waals surface area contributed by atoms with Gasteiger partial charge in [-0.25, -0.2) is 0 Å². The molecule has 2 aromatic rings. The van der Waals surface area contributed by atoms with Gasteiger partial charge in [0.25, 0.3) is 0 Å². The summed E-state index contributed by atoms with van der Waals surface area (Å²) in [7, 11) is 0. The minimum Gasteiger partial charge on any atom is -0.381 e. The number of fused-ring (bicyclic) bond motifs is 2. The number of hydrogen-bond acceptors (Lipinski definition) is 2. The maximum absolute atomic E-state index is 3.68. The van der Waals surface area contributed by atoms with Crippen LogP contribution in [0.1, 0.15) is 18.9 Å². The summed E-state index contributed by atoms with van der Waals surface area (Å²) in [4.78, 5) is 2.54. The highest BCUT2D eigenvalue weighted by Crippen LogP contribution is 2.47. The lowest BCUT2D eigenvalue weighted by molar-refractivity contribution is 0.443. The molecular formula is C18H19IN2. The van der Waals surface area contributed by atoms with E-state index in [-0.39, 0.29) is 5.41 Å². The van der Waals surface area contributed by atoms with Crippen molar-refractivity contribution in [1.29, 1.82) is 0 Å². The molecule has 2 atom stereocenters. The summed E-state index contributed by atoms with van der Waals surface area (Å²) in [5.74, 6) is 0. The van der Waals surface area contributed by atoms with Crippen LogP contribution in [0.2, 0.25) is 0 Å². The lowest BCUT2D eigenvalue weighted by atomic mass is 9.76. The number of hydrogen-bond donors (Lipinski definition) is 1. The molecule has 2 aliphatic rings. The smallest absolute Gasteiger partial charge is 0.0382 e. The summed E-state index contributed by atoms with van der Waals surface area (Å²) in [6.45, 7) is 4.58. The third kappa shape index (κ3) is 2.05.